The van der Waals surface area contributed by atoms with Crippen LogP contribution in [0.5, 0.6) is 5.88 Å². The average molecular weight is 236 g/mol. The molecule has 0 amide bonds. The van der Waals surface area contributed by atoms with Crippen LogP contribution in [0.25, 0.3) is 0 Å². The van der Waals surface area contributed by atoms with E-state index in [2.05, 4.69) is 17.2 Å². The summed E-state index contributed by atoms with van der Waals surface area (Å²) in [6.07, 6.45) is 2.39. The Hall–Kier alpha value is -1.29. The molecule has 2 atom stereocenters. The highest BCUT2D eigenvalue weighted by Crippen LogP contribution is 2.19. The molecule has 1 aromatic heterocycles. The largest absolute Gasteiger partial charge is 0.478 e. The van der Waals surface area contributed by atoms with E-state index in [0.29, 0.717) is 24.6 Å². The fourth-order valence-corrected chi connectivity index (χ4v) is 2.06. The first-order valence-electron chi connectivity index (χ1n) is 6.26. The molecule has 1 aliphatic rings. The second-order valence-corrected chi connectivity index (χ2v) is 4.34. The van der Waals surface area contributed by atoms with Gasteiger partial charge in [0, 0.05) is 18.7 Å². The number of nitrogens with zero attached hydrogens (tertiary/aromatic N) is 1. The van der Waals surface area contributed by atoms with Crippen LogP contribution in [0.1, 0.15) is 26.7 Å². The molecule has 1 fully saturated rings. The Labute approximate surface area is 102 Å². The van der Waals surface area contributed by atoms with Gasteiger partial charge in [-0.25, -0.2) is 0 Å². The lowest BCUT2D eigenvalue weighted by atomic mass is 10.0. The Balaban J connectivity index is 1.95. The van der Waals surface area contributed by atoms with E-state index in [9.17, 15) is 0 Å². The monoisotopic (exact) mass is 236 g/mol. The molecule has 0 aliphatic carbocycles. The average Bonchev–Trinajstić information content (AvgIpc) is 2.30. The Bertz CT molecular complexity index is 357. The molecule has 2 unspecified atom stereocenters. The molecule has 1 aliphatic heterocycles. The minimum Gasteiger partial charge on any atom is -0.478 e. The van der Waals surface area contributed by atoms with E-state index < -0.39 is 0 Å². The van der Waals surface area contributed by atoms with Crippen LogP contribution in [0.3, 0.4) is 0 Å². The molecule has 17 heavy (non-hydrogen) atoms. The summed E-state index contributed by atoms with van der Waals surface area (Å²) in [4.78, 5) is 4.41. The van der Waals surface area contributed by atoms with Crippen LogP contribution in [0.15, 0.2) is 18.2 Å². The van der Waals surface area contributed by atoms with Gasteiger partial charge in [-0.2, -0.15) is 4.98 Å². The van der Waals surface area contributed by atoms with Crippen LogP contribution in [0.2, 0.25) is 0 Å². The summed E-state index contributed by atoms with van der Waals surface area (Å²) in [5.41, 5.74) is 0. The van der Waals surface area contributed by atoms with Crippen molar-refractivity contribution in [1.82, 2.24) is 4.98 Å². The number of pyridine rings is 1. The van der Waals surface area contributed by atoms with Crippen molar-refractivity contribution in [1.29, 1.82) is 0 Å². The second kappa shape index (κ2) is 5.87. The Kier molecular flexibility index (Phi) is 4.20. The third kappa shape index (κ3) is 3.60. The first-order chi connectivity index (χ1) is 8.28. The molecule has 2 rings (SSSR count). The first-order valence-corrected chi connectivity index (χ1v) is 6.26. The molecular weight excluding hydrogens is 216 g/mol. The third-order valence-corrected chi connectivity index (χ3v) is 2.85. The fourth-order valence-electron chi connectivity index (χ4n) is 2.06. The molecule has 1 saturated heterocycles. The molecule has 1 aromatic rings. The standard InChI is InChI=1S/C13H20N2O2/c1-3-16-13-6-4-5-12(15-13)14-11-7-8-17-10(2)9-11/h4-6,10-11H,3,7-9H2,1-2H3,(H,14,15). The van der Waals surface area contributed by atoms with Crippen molar-refractivity contribution in [2.24, 2.45) is 0 Å². The second-order valence-electron chi connectivity index (χ2n) is 4.34. The zero-order chi connectivity index (χ0) is 12.1. The lowest BCUT2D eigenvalue weighted by Gasteiger charge is -2.28. The van der Waals surface area contributed by atoms with Gasteiger partial charge in [-0.1, -0.05) is 6.07 Å². The normalized spacial score (nSPS) is 24.4. The van der Waals surface area contributed by atoms with Crippen molar-refractivity contribution in [3.8, 4) is 5.88 Å². The molecule has 0 saturated carbocycles. The summed E-state index contributed by atoms with van der Waals surface area (Å²) < 4.78 is 10.9. The van der Waals surface area contributed by atoms with Gasteiger partial charge < -0.3 is 14.8 Å². The quantitative estimate of drug-likeness (QED) is 0.872. The summed E-state index contributed by atoms with van der Waals surface area (Å²) >= 11 is 0. The van der Waals surface area contributed by atoms with Gasteiger partial charge in [-0.3, -0.25) is 0 Å². The summed E-state index contributed by atoms with van der Waals surface area (Å²) in [6, 6.07) is 6.26. The number of aromatic nitrogens is 1. The topological polar surface area (TPSA) is 43.4 Å². The molecule has 4 nitrogen and oxygen atoms in total. The summed E-state index contributed by atoms with van der Waals surface area (Å²) in [7, 11) is 0. The Morgan fingerprint density at radius 2 is 2.41 bits per heavy atom. The number of rotatable bonds is 4. The minimum atomic E-state index is 0.330. The highest BCUT2D eigenvalue weighted by Gasteiger charge is 2.19. The maximum absolute atomic E-state index is 5.52. The van der Waals surface area contributed by atoms with Gasteiger partial charge in [0.05, 0.1) is 12.7 Å². The van der Waals surface area contributed by atoms with Crippen molar-refractivity contribution < 1.29 is 9.47 Å². The van der Waals surface area contributed by atoms with Gasteiger partial charge in [0.15, 0.2) is 0 Å². The van der Waals surface area contributed by atoms with Crippen LogP contribution in [-0.2, 0) is 4.74 Å². The predicted octanol–water partition coefficient (Wildman–Crippen LogP) is 2.46. The Morgan fingerprint density at radius 3 is 3.18 bits per heavy atom. The number of hydrogen-bond acceptors (Lipinski definition) is 4. The van der Waals surface area contributed by atoms with Crippen LogP contribution in [0, 0.1) is 0 Å². The molecule has 0 bridgehead atoms. The van der Waals surface area contributed by atoms with E-state index in [1.165, 1.54) is 0 Å². The Morgan fingerprint density at radius 1 is 1.53 bits per heavy atom. The SMILES string of the molecule is CCOc1cccc(NC2CCOC(C)C2)n1. The van der Waals surface area contributed by atoms with Gasteiger partial charge in [-0.05, 0) is 32.8 Å². The van der Waals surface area contributed by atoms with Crippen molar-refractivity contribution in [3.05, 3.63) is 18.2 Å². The maximum Gasteiger partial charge on any atom is 0.215 e. The van der Waals surface area contributed by atoms with Gasteiger partial charge in [0.1, 0.15) is 5.82 Å². The predicted molar refractivity (Wildman–Crippen MR) is 67.5 cm³/mol. The molecule has 0 radical (unpaired) electrons. The van der Waals surface area contributed by atoms with E-state index >= 15 is 0 Å². The summed E-state index contributed by atoms with van der Waals surface area (Å²) in [5.74, 6) is 1.56. The van der Waals surface area contributed by atoms with Crippen molar-refractivity contribution in [2.45, 2.75) is 38.8 Å². The summed E-state index contributed by atoms with van der Waals surface area (Å²) in [5, 5.41) is 3.44. The van der Waals surface area contributed by atoms with Gasteiger partial charge in [-0.15, -0.1) is 0 Å². The number of ether oxygens (including phenoxy) is 2. The van der Waals surface area contributed by atoms with Crippen molar-refractivity contribution >= 4 is 5.82 Å². The van der Waals surface area contributed by atoms with Gasteiger partial charge >= 0.3 is 0 Å². The molecule has 0 aromatic carbocycles. The smallest absolute Gasteiger partial charge is 0.215 e. The van der Waals surface area contributed by atoms with Crippen molar-refractivity contribution in [2.75, 3.05) is 18.5 Å². The van der Waals surface area contributed by atoms with E-state index in [4.69, 9.17) is 9.47 Å². The molecule has 2 heterocycles. The van der Waals surface area contributed by atoms with Crippen LogP contribution < -0.4 is 10.1 Å². The lowest BCUT2D eigenvalue weighted by molar-refractivity contribution is 0.0232. The zero-order valence-electron chi connectivity index (χ0n) is 10.5. The maximum atomic E-state index is 5.52. The highest BCUT2D eigenvalue weighted by molar-refractivity contribution is 5.38. The first kappa shape index (κ1) is 12.2. The summed E-state index contributed by atoms with van der Waals surface area (Å²) in [6.45, 7) is 5.54. The molecule has 1 N–H and O–H groups in total. The van der Waals surface area contributed by atoms with E-state index in [1.807, 2.05) is 25.1 Å². The lowest BCUT2D eigenvalue weighted by Crippen LogP contribution is -2.32. The van der Waals surface area contributed by atoms with E-state index in [0.717, 1.165) is 25.3 Å². The fraction of sp³-hybridized carbons (Fsp3) is 0.615. The van der Waals surface area contributed by atoms with Crippen LogP contribution >= 0.6 is 0 Å². The van der Waals surface area contributed by atoms with Crippen LogP contribution in [-0.4, -0.2) is 30.3 Å². The molecule has 0 spiro atoms. The van der Waals surface area contributed by atoms with Gasteiger partial charge in [0.25, 0.3) is 0 Å². The molecule has 94 valence electrons. The highest BCUT2D eigenvalue weighted by atomic mass is 16.5. The third-order valence-electron chi connectivity index (χ3n) is 2.85. The van der Waals surface area contributed by atoms with E-state index in [-0.39, 0.29) is 0 Å². The number of anilines is 1. The number of nitrogens with one attached hydrogen (secondary N) is 1. The van der Waals surface area contributed by atoms with Gasteiger partial charge in [0.2, 0.25) is 5.88 Å². The van der Waals surface area contributed by atoms with Crippen LogP contribution in [0.4, 0.5) is 5.82 Å². The number of hydrogen-bond donors (Lipinski definition) is 1. The molecular formula is C13H20N2O2. The minimum absolute atomic E-state index is 0.330. The van der Waals surface area contributed by atoms with E-state index in [1.54, 1.807) is 0 Å². The van der Waals surface area contributed by atoms with Crippen molar-refractivity contribution in [3.63, 3.8) is 0 Å². The molecule has 4 heteroatoms. The zero-order valence-corrected chi connectivity index (χ0v) is 10.5.